The monoisotopic (exact) mass is 285 g/mol. The maximum Gasteiger partial charge on any atom is 0.153 e. The third-order valence-corrected chi connectivity index (χ3v) is 4.32. The van der Waals surface area contributed by atoms with Crippen molar-refractivity contribution in [2.75, 3.05) is 4.90 Å². The van der Waals surface area contributed by atoms with Gasteiger partial charge in [0.05, 0.1) is 16.8 Å². The molecule has 1 saturated carbocycles. The maximum atomic E-state index is 13.9. The lowest BCUT2D eigenvalue weighted by molar-refractivity contribution is 0.112. The van der Waals surface area contributed by atoms with Crippen molar-refractivity contribution in [3.8, 4) is 0 Å². The minimum Gasteiger partial charge on any atom is -0.342 e. The summed E-state index contributed by atoms with van der Waals surface area (Å²) in [4.78, 5) is 24.3. The van der Waals surface area contributed by atoms with E-state index in [4.69, 9.17) is 0 Å². The van der Waals surface area contributed by atoms with E-state index in [9.17, 15) is 14.0 Å². The molecule has 1 heterocycles. The zero-order chi connectivity index (χ0) is 15.0. The quantitative estimate of drug-likeness (QED) is 0.616. The molecular weight excluding hydrogens is 269 g/mol. The van der Waals surface area contributed by atoms with Crippen LogP contribution in [0.1, 0.15) is 48.5 Å². The van der Waals surface area contributed by atoms with Crippen molar-refractivity contribution >= 4 is 23.5 Å². The summed E-state index contributed by atoms with van der Waals surface area (Å²) in [5, 5.41) is 0. The topological polar surface area (TPSA) is 37.4 Å². The van der Waals surface area contributed by atoms with Crippen molar-refractivity contribution in [2.45, 2.75) is 38.6 Å². The summed E-state index contributed by atoms with van der Waals surface area (Å²) in [5.74, 6) is 1.27. The van der Waals surface area contributed by atoms with Gasteiger partial charge in [0.15, 0.2) is 6.29 Å². The van der Waals surface area contributed by atoms with Gasteiger partial charge in [-0.15, -0.1) is 0 Å². The van der Waals surface area contributed by atoms with E-state index in [2.05, 4.69) is 4.90 Å². The highest BCUT2D eigenvalue weighted by atomic mass is 19.1. The number of aldehydes is 1. The first-order valence-electron chi connectivity index (χ1n) is 7.17. The summed E-state index contributed by atoms with van der Waals surface area (Å²) in [7, 11) is 0. The number of anilines is 1. The molecule has 0 saturated heterocycles. The Morgan fingerprint density at radius 2 is 2.05 bits per heavy atom. The van der Waals surface area contributed by atoms with E-state index in [1.807, 2.05) is 12.9 Å². The Hall–Kier alpha value is -2.19. The van der Waals surface area contributed by atoms with E-state index in [0.29, 0.717) is 23.5 Å². The number of rotatable bonds is 2. The summed E-state index contributed by atoms with van der Waals surface area (Å²) >= 11 is 0. The summed E-state index contributed by atoms with van der Waals surface area (Å²) in [6.45, 7) is 1.93. The van der Waals surface area contributed by atoms with E-state index in [1.165, 1.54) is 18.9 Å². The van der Waals surface area contributed by atoms with Crippen molar-refractivity contribution in [2.24, 2.45) is 0 Å². The van der Waals surface area contributed by atoms with Gasteiger partial charge in [0.2, 0.25) is 0 Å². The lowest BCUT2D eigenvalue weighted by Crippen LogP contribution is -2.34. The van der Waals surface area contributed by atoms with E-state index >= 15 is 0 Å². The number of carbonyl (C=O) groups is 1. The van der Waals surface area contributed by atoms with Crippen LogP contribution in [-0.2, 0) is 4.79 Å². The molecule has 1 aromatic rings. The zero-order valence-electron chi connectivity index (χ0n) is 11.9. The van der Waals surface area contributed by atoms with Crippen LogP contribution in [0.25, 0.3) is 5.57 Å². The molecule has 3 nitrogen and oxygen atoms in total. The zero-order valence-corrected chi connectivity index (χ0v) is 11.9. The second kappa shape index (κ2) is 5.30. The van der Waals surface area contributed by atoms with Gasteiger partial charge in [-0.05, 0) is 38.0 Å². The molecule has 4 heteroatoms. The largest absolute Gasteiger partial charge is 0.342 e. The van der Waals surface area contributed by atoms with Crippen LogP contribution < -0.4 is 4.90 Å². The number of fused-ring (bicyclic) bond motifs is 1. The van der Waals surface area contributed by atoms with Crippen LogP contribution in [0.4, 0.5) is 10.1 Å². The Morgan fingerprint density at radius 1 is 1.33 bits per heavy atom. The second-order valence-corrected chi connectivity index (χ2v) is 5.62. The van der Waals surface area contributed by atoms with Gasteiger partial charge in [-0.2, -0.15) is 0 Å². The molecule has 0 aromatic heterocycles. The Labute approximate surface area is 122 Å². The normalized spacial score (nSPS) is 18.3. The van der Waals surface area contributed by atoms with E-state index in [1.54, 1.807) is 12.1 Å². The Bertz CT molecular complexity index is 680. The molecule has 0 atom stereocenters. The molecule has 1 aromatic carbocycles. The number of halogens is 1. The van der Waals surface area contributed by atoms with Crippen LogP contribution in [0.5, 0.6) is 0 Å². The highest BCUT2D eigenvalue weighted by Gasteiger charge is 2.30. The molecule has 2 aliphatic rings. The third kappa shape index (κ3) is 2.22. The Balaban J connectivity index is 2.20. The smallest absolute Gasteiger partial charge is 0.153 e. The summed E-state index contributed by atoms with van der Waals surface area (Å²) in [6.07, 6.45) is 6.73. The minimum absolute atomic E-state index is 0.0247. The molecule has 1 aliphatic heterocycles. The molecular formula is C17H16FNO2. The fourth-order valence-electron chi connectivity index (χ4n) is 3.36. The van der Waals surface area contributed by atoms with Crippen molar-refractivity contribution in [1.82, 2.24) is 0 Å². The van der Waals surface area contributed by atoms with E-state index in [-0.39, 0.29) is 5.56 Å². The molecule has 0 N–H and O–H groups in total. The van der Waals surface area contributed by atoms with Crippen molar-refractivity contribution in [3.63, 3.8) is 0 Å². The average Bonchev–Trinajstić information content (AvgIpc) is 3.00. The van der Waals surface area contributed by atoms with E-state index < -0.39 is 5.82 Å². The number of allylic oxidation sites excluding steroid dienone is 3. The predicted molar refractivity (Wildman–Crippen MR) is 79.4 cm³/mol. The number of carbonyl (C=O) groups excluding carboxylic acids is 2. The first-order valence-corrected chi connectivity index (χ1v) is 7.17. The fraction of sp³-hybridized carbons (Fsp3) is 0.353. The Kier molecular flexibility index (Phi) is 3.48. The van der Waals surface area contributed by atoms with Crippen LogP contribution in [0.3, 0.4) is 0 Å². The predicted octanol–water partition coefficient (Wildman–Crippen LogP) is 3.52. The van der Waals surface area contributed by atoms with Gasteiger partial charge >= 0.3 is 0 Å². The van der Waals surface area contributed by atoms with Crippen molar-refractivity contribution in [1.29, 1.82) is 0 Å². The summed E-state index contributed by atoms with van der Waals surface area (Å²) < 4.78 is 13.9. The highest BCUT2D eigenvalue weighted by molar-refractivity contribution is 6.01. The van der Waals surface area contributed by atoms with Crippen LogP contribution in [0, 0.1) is 5.82 Å². The molecule has 1 fully saturated rings. The molecule has 108 valence electrons. The van der Waals surface area contributed by atoms with Gasteiger partial charge in [0, 0.05) is 17.3 Å². The molecule has 1 aliphatic carbocycles. The van der Waals surface area contributed by atoms with Crippen molar-refractivity contribution in [3.05, 3.63) is 40.8 Å². The Morgan fingerprint density at radius 3 is 2.67 bits per heavy atom. The molecule has 0 spiro atoms. The first kappa shape index (κ1) is 13.8. The van der Waals surface area contributed by atoms with Crippen LogP contribution >= 0.6 is 0 Å². The van der Waals surface area contributed by atoms with E-state index in [0.717, 1.165) is 24.2 Å². The lowest BCUT2D eigenvalue weighted by Gasteiger charge is -2.36. The summed E-state index contributed by atoms with van der Waals surface area (Å²) in [5.41, 5.74) is 2.57. The molecule has 0 bridgehead atoms. The number of hydrogen-bond donors (Lipinski definition) is 0. The molecule has 21 heavy (non-hydrogen) atoms. The van der Waals surface area contributed by atoms with Gasteiger partial charge in [-0.3, -0.25) is 4.79 Å². The third-order valence-electron chi connectivity index (χ3n) is 4.32. The second-order valence-electron chi connectivity index (χ2n) is 5.62. The fourth-order valence-corrected chi connectivity index (χ4v) is 3.36. The van der Waals surface area contributed by atoms with Gasteiger partial charge in [0.25, 0.3) is 0 Å². The molecule has 0 radical (unpaired) electrons. The standard InChI is InChI=1S/C17H16FNO2/c1-11-6-12(9-20)15-8-16(18)13(10-21)7-17(15)19(11)14-4-2-3-5-14/h6-8,10,14H,2-5H2,1H3. The maximum absolute atomic E-state index is 13.9. The first-order chi connectivity index (χ1) is 10.2. The van der Waals surface area contributed by atoms with Gasteiger partial charge in [-0.25, -0.2) is 9.18 Å². The van der Waals surface area contributed by atoms with Crippen LogP contribution in [0.2, 0.25) is 0 Å². The van der Waals surface area contributed by atoms with Crippen LogP contribution in [-0.4, -0.2) is 18.3 Å². The molecule has 0 amide bonds. The summed E-state index contributed by atoms with van der Waals surface area (Å²) in [6, 6.07) is 3.16. The van der Waals surface area contributed by atoms with Crippen LogP contribution in [0.15, 0.2) is 23.9 Å². The van der Waals surface area contributed by atoms with Gasteiger partial charge in [-0.1, -0.05) is 12.8 Å². The van der Waals surface area contributed by atoms with Gasteiger partial charge in [0.1, 0.15) is 11.8 Å². The number of nitrogens with zero attached hydrogens (tertiary/aromatic N) is 1. The minimum atomic E-state index is -0.601. The highest BCUT2D eigenvalue weighted by Crippen LogP contribution is 2.40. The lowest BCUT2D eigenvalue weighted by atomic mass is 9.95. The van der Waals surface area contributed by atoms with Crippen molar-refractivity contribution < 1.29 is 14.0 Å². The molecule has 3 rings (SSSR count). The molecule has 0 unspecified atom stereocenters. The number of benzene rings is 1. The number of hydrogen-bond acceptors (Lipinski definition) is 3. The SMILES string of the molecule is CC1=CC(=C=O)c2cc(F)c(C=O)cc2N1C1CCCC1. The average molecular weight is 285 g/mol. The van der Waals surface area contributed by atoms with Gasteiger partial charge < -0.3 is 4.90 Å².